The molecule has 66 heavy (non-hydrogen) atoms. The average molecular weight is 937 g/mol. The third-order valence-corrected chi connectivity index (χ3v) is 13.6. The maximum absolute atomic E-state index is 12.9. The fourth-order valence-corrected chi connectivity index (χ4v) is 9.02. The van der Waals surface area contributed by atoms with Gasteiger partial charge in [-0.05, 0) is 57.8 Å². The zero-order valence-electron chi connectivity index (χ0n) is 44.2. The minimum Gasteiger partial charge on any atom is -0.462 e. The van der Waals surface area contributed by atoms with E-state index in [0.29, 0.717) is 37.4 Å². The van der Waals surface area contributed by atoms with Crippen LogP contribution in [0.4, 0.5) is 0 Å². The van der Waals surface area contributed by atoms with Gasteiger partial charge in [0, 0.05) is 37.4 Å². The molecular formula is C57H113N3O6. The second-order valence-electron chi connectivity index (χ2n) is 20.4. The summed E-state index contributed by atoms with van der Waals surface area (Å²) in [5, 5.41) is 0. The Bertz CT molecular complexity index is 992. The van der Waals surface area contributed by atoms with Crippen LogP contribution < -0.4 is 17.2 Å². The maximum Gasteiger partial charge on any atom is 0.306 e. The van der Waals surface area contributed by atoms with E-state index in [9.17, 15) is 14.4 Å². The third kappa shape index (κ3) is 48.7. The van der Waals surface area contributed by atoms with Crippen LogP contribution in [-0.2, 0) is 28.6 Å². The Morgan fingerprint density at radius 1 is 0.303 bits per heavy atom. The first-order valence-electron chi connectivity index (χ1n) is 29.0. The highest BCUT2D eigenvalue weighted by atomic mass is 16.6. The van der Waals surface area contributed by atoms with Crippen LogP contribution in [0.25, 0.3) is 0 Å². The minimum atomic E-state index is -0.807. The largest absolute Gasteiger partial charge is 0.462 e. The molecule has 0 fully saturated rings. The topological polar surface area (TPSA) is 157 Å². The molecule has 0 saturated carbocycles. The summed E-state index contributed by atoms with van der Waals surface area (Å²) in [6.45, 7) is 6.57. The molecule has 3 atom stereocenters. The van der Waals surface area contributed by atoms with Crippen molar-refractivity contribution < 1.29 is 28.6 Å². The molecule has 0 aliphatic heterocycles. The molecule has 0 amide bonds. The van der Waals surface area contributed by atoms with Gasteiger partial charge in [0.05, 0.1) is 0 Å². The first-order valence-corrected chi connectivity index (χ1v) is 29.0. The van der Waals surface area contributed by atoms with Gasteiger partial charge < -0.3 is 31.4 Å². The van der Waals surface area contributed by atoms with Gasteiger partial charge in [-0.3, -0.25) is 14.4 Å². The number of nitrogens with two attached hydrogens (primary N) is 3. The van der Waals surface area contributed by atoms with Gasteiger partial charge in [-0.15, -0.1) is 0 Å². The summed E-state index contributed by atoms with van der Waals surface area (Å²) < 4.78 is 16.9. The molecule has 0 rings (SSSR count). The number of esters is 3. The number of carbonyl (C=O) groups excluding carboxylic acids is 3. The quantitative estimate of drug-likeness (QED) is 0.0307. The third-order valence-electron chi connectivity index (χ3n) is 13.6. The van der Waals surface area contributed by atoms with Crippen molar-refractivity contribution in [1.82, 2.24) is 0 Å². The lowest BCUT2D eigenvalue weighted by Gasteiger charge is -2.18. The highest BCUT2D eigenvalue weighted by Crippen LogP contribution is 2.17. The number of carbonyl (C=O) groups is 3. The normalized spacial score (nSPS) is 13.4. The van der Waals surface area contributed by atoms with Crippen molar-refractivity contribution in [2.24, 2.45) is 17.2 Å². The number of rotatable bonds is 53. The molecule has 0 aromatic rings. The molecule has 9 heteroatoms. The summed E-state index contributed by atoms with van der Waals surface area (Å²) in [7, 11) is 0. The Balaban J connectivity index is 4.47. The molecule has 0 heterocycles. The Labute approximate surface area is 409 Å². The van der Waals surface area contributed by atoms with Crippen molar-refractivity contribution >= 4 is 17.9 Å². The summed E-state index contributed by atoms with van der Waals surface area (Å²) in [4.78, 5) is 38.2. The number of ether oxygens (including phenoxy) is 3. The van der Waals surface area contributed by atoms with Crippen LogP contribution in [0.2, 0.25) is 0 Å². The van der Waals surface area contributed by atoms with Crippen LogP contribution in [0.5, 0.6) is 0 Å². The molecule has 0 radical (unpaired) electrons. The molecule has 0 aromatic carbocycles. The average Bonchev–Trinajstić information content (AvgIpc) is 3.30. The van der Waals surface area contributed by atoms with Crippen LogP contribution >= 0.6 is 0 Å². The zero-order valence-corrected chi connectivity index (χ0v) is 44.2. The first kappa shape index (κ1) is 64.3. The monoisotopic (exact) mass is 936 g/mol. The van der Waals surface area contributed by atoms with E-state index < -0.39 is 6.10 Å². The Kier molecular flexibility index (Phi) is 49.8. The molecule has 392 valence electrons. The predicted octanol–water partition coefficient (Wildman–Crippen LogP) is 15.6. The zero-order chi connectivity index (χ0) is 48.4. The Hall–Kier alpha value is -1.71. The standard InChI is InChI=1S/C57H113N3O6/c1-4-7-10-13-16-22-31-40-51(58)43-34-25-19-28-37-46-55(61)64-49-54(66-57(63)48-39-30-21-27-36-45-53(60)42-33-24-18-15-12-9-6-3)50-65-56(62)47-38-29-20-26-35-44-52(59)41-32-23-17-14-11-8-5-2/h51-54H,4-50,58-60H2,1-3H3. The first-order chi connectivity index (χ1) is 32.2. The van der Waals surface area contributed by atoms with Gasteiger partial charge in [0.25, 0.3) is 0 Å². The van der Waals surface area contributed by atoms with Gasteiger partial charge in [-0.1, -0.05) is 233 Å². The molecule has 0 saturated heterocycles. The second-order valence-corrected chi connectivity index (χ2v) is 20.4. The fourth-order valence-electron chi connectivity index (χ4n) is 9.02. The van der Waals surface area contributed by atoms with Gasteiger partial charge >= 0.3 is 17.9 Å². The lowest BCUT2D eigenvalue weighted by Crippen LogP contribution is -2.30. The lowest BCUT2D eigenvalue weighted by atomic mass is 10.0. The van der Waals surface area contributed by atoms with E-state index >= 15 is 0 Å². The molecule has 0 aromatic heterocycles. The van der Waals surface area contributed by atoms with E-state index in [1.807, 2.05) is 0 Å². The van der Waals surface area contributed by atoms with E-state index in [4.69, 9.17) is 31.4 Å². The van der Waals surface area contributed by atoms with Crippen molar-refractivity contribution in [2.45, 2.75) is 334 Å². The maximum atomic E-state index is 12.9. The van der Waals surface area contributed by atoms with Crippen LogP contribution in [0.15, 0.2) is 0 Å². The van der Waals surface area contributed by atoms with Gasteiger partial charge in [-0.25, -0.2) is 0 Å². The van der Waals surface area contributed by atoms with E-state index in [1.165, 1.54) is 135 Å². The Morgan fingerprint density at radius 2 is 0.515 bits per heavy atom. The molecule has 9 nitrogen and oxygen atoms in total. The van der Waals surface area contributed by atoms with Crippen LogP contribution in [-0.4, -0.2) is 55.4 Å². The predicted molar refractivity (Wildman–Crippen MR) is 281 cm³/mol. The molecular weight excluding hydrogens is 823 g/mol. The smallest absolute Gasteiger partial charge is 0.306 e. The van der Waals surface area contributed by atoms with Crippen LogP contribution in [0.1, 0.15) is 310 Å². The Morgan fingerprint density at radius 3 is 0.773 bits per heavy atom. The van der Waals surface area contributed by atoms with E-state index in [2.05, 4.69) is 20.8 Å². The summed E-state index contributed by atoms with van der Waals surface area (Å²) in [5.74, 6) is -0.951. The SMILES string of the molecule is CCCCCCCCCC(N)CCCCCCCC(=O)OCC(COC(=O)CCCCCCCC(N)CCCCCCCCC)OC(=O)CCCCCCCC(N)CCCCCCCCC. The van der Waals surface area contributed by atoms with Crippen molar-refractivity contribution in [2.75, 3.05) is 13.2 Å². The van der Waals surface area contributed by atoms with Gasteiger partial charge in [-0.2, -0.15) is 0 Å². The molecule has 6 N–H and O–H groups in total. The summed E-state index contributed by atoms with van der Waals surface area (Å²) >= 11 is 0. The fraction of sp³-hybridized carbons (Fsp3) is 0.947. The van der Waals surface area contributed by atoms with Crippen molar-refractivity contribution in [3.63, 3.8) is 0 Å². The minimum absolute atomic E-state index is 0.102. The van der Waals surface area contributed by atoms with E-state index in [-0.39, 0.29) is 31.1 Å². The van der Waals surface area contributed by atoms with Crippen LogP contribution in [0, 0.1) is 0 Å². The number of hydrogen-bond acceptors (Lipinski definition) is 9. The summed E-state index contributed by atoms with van der Waals surface area (Å²) in [6.07, 6.45) is 49.6. The van der Waals surface area contributed by atoms with Crippen molar-refractivity contribution in [3.8, 4) is 0 Å². The van der Waals surface area contributed by atoms with Crippen molar-refractivity contribution in [3.05, 3.63) is 0 Å². The summed E-state index contributed by atoms with van der Waals surface area (Å²) in [6, 6.07) is 0.897. The van der Waals surface area contributed by atoms with E-state index in [1.54, 1.807) is 0 Å². The molecule has 0 bridgehead atoms. The highest BCUT2D eigenvalue weighted by Gasteiger charge is 2.20. The second kappa shape index (κ2) is 51.1. The van der Waals surface area contributed by atoms with Crippen LogP contribution in [0.3, 0.4) is 0 Å². The molecule has 0 aliphatic rings. The molecule has 0 spiro atoms. The summed E-state index contributed by atoms with van der Waals surface area (Å²) in [5.41, 5.74) is 19.1. The highest BCUT2D eigenvalue weighted by molar-refractivity contribution is 5.71. The molecule has 0 aliphatic carbocycles. The number of unbranched alkanes of at least 4 members (excludes halogenated alkanes) is 30. The van der Waals surface area contributed by atoms with Gasteiger partial charge in [0.2, 0.25) is 0 Å². The van der Waals surface area contributed by atoms with Crippen molar-refractivity contribution in [1.29, 1.82) is 0 Å². The van der Waals surface area contributed by atoms with Gasteiger partial charge in [0.1, 0.15) is 13.2 Å². The number of hydrogen-bond donors (Lipinski definition) is 3. The molecule has 3 unspecified atom stereocenters. The lowest BCUT2D eigenvalue weighted by molar-refractivity contribution is -0.167. The van der Waals surface area contributed by atoms with E-state index in [0.717, 1.165) is 135 Å². The van der Waals surface area contributed by atoms with Gasteiger partial charge in [0.15, 0.2) is 6.10 Å².